The Hall–Kier alpha value is -3.32. The van der Waals surface area contributed by atoms with Gasteiger partial charge in [-0.15, -0.1) is 5.10 Å². The van der Waals surface area contributed by atoms with Crippen LogP contribution in [0.4, 0.5) is 0 Å². The van der Waals surface area contributed by atoms with Crippen LogP contribution in [0.5, 0.6) is 0 Å². The molecule has 31 heavy (non-hydrogen) atoms. The van der Waals surface area contributed by atoms with Crippen LogP contribution in [0.2, 0.25) is 0 Å². The van der Waals surface area contributed by atoms with Crippen LogP contribution >= 0.6 is 0 Å². The first-order valence-corrected chi connectivity index (χ1v) is 10.7. The SMILES string of the molecule is Cc1ccc(C(=O)N(Cc2cc3ccc(C)cc3n3nnnc23)C[C@H]2CCCO2)cc1. The van der Waals surface area contributed by atoms with E-state index in [2.05, 4.69) is 39.8 Å². The molecular weight excluding hydrogens is 390 g/mol. The predicted octanol–water partition coefficient (Wildman–Crippen LogP) is 3.72. The van der Waals surface area contributed by atoms with Gasteiger partial charge in [-0.1, -0.05) is 29.8 Å². The predicted molar refractivity (Wildman–Crippen MR) is 118 cm³/mol. The summed E-state index contributed by atoms with van der Waals surface area (Å²) in [5.41, 5.74) is 5.50. The smallest absolute Gasteiger partial charge is 0.254 e. The highest BCUT2D eigenvalue weighted by molar-refractivity contribution is 5.94. The molecular formula is C24H25N5O2. The van der Waals surface area contributed by atoms with Crippen LogP contribution in [0.25, 0.3) is 16.6 Å². The molecule has 1 fully saturated rings. The van der Waals surface area contributed by atoms with Crippen LogP contribution in [-0.4, -0.2) is 50.1 Å². The Morgan fingerprint density at radius 2 is 1.94 bits per heavy atom. The molecule has 5 rings (SSSR count). The van der Waals surface area contributed by atoms with Gasteiger partial charge in [-0.3, -0.25) is 4.79 Å². The fourth-order valence-corrected chi connectivity index (χ4v) is 4.22. The van der Waals surface area contributed by atoms with Gasteiger partial charge < -0.3 is 9.64 Å². The van der Waals surface area contributed by atoms with Crippen LogP contribution in [0.15, 0.2) is 48.5 Å². The van der Waals surface area contributed by atoms with Crippen LogP contribution < -0.4 is 0 Å². The first-order chi connectivity index (χ1) is 15.1. The number of hydrogen-bond donors (Lipinski definition) is 0. The van der Waals surface area contributed by atoms with Crippen molar-refractivity contribution in [3.05, 3.63) is 70.8 Å². The average Bonchev–Trinajstić information content (AvgIpc) is 3.46. The van der Waals surface area contributed by atoms with Crippen LogP contribution in [0, 0.1) is 13.8 Å². The number of carbonyl (C=O) groups is 1. The lowest BCUT2D eigenvalue weighted by Gasteiger charge is -2.26. The molecule has 3 heterocycles. The molecule has 0 bridgehead atoms. The molecule has 1 aliphatic rings. The summed E-state index contributed by atoms with van der Waals surface area (Å²) in [6, 6.07) is 16.0. The van der Waals surface area contributed by atoms with Gasteiger partial charge in [-0.05, 0) is 66.9 Å². The van der Waals surface area contributed by atoms with Gasteiger partial charge >= 0.3 is 0 Å². The molecule has 1 saturated heterocycles. The molecule has 0 radical (unpaired) electrons. The molecule has 0 N–H and O–H groups in total. The maximum absolute atomic E-state index is 13.4. The van der Waals surface area contributed by atoms with Crippen molar-refractivity contribution in [1.82, 2.24) is 24.9 Å². The van der Waals surface area contributed by atoms with Crippen LogP contribution in [-0.2, 0) is 11.3 Å². The van der Waals surface area contributed by atoms with Gasteiger partial charge in [-0.2, -0.15) is 4.52 Å². The van der Waals surface area contributed by atoms with E-state index in [4.69, 9.17) is 4.74 Å². The number of aromatic nitrogens is 4. The molecule has 7 nitrogen and oxygen atoms in total. The maximum Gasteiger partial charge on any atom is 0.254 e. The topological polar surface area (TPSA) is 72.6 Å². The molecule has 7 heteroatoms. The number of pyridine rings is 1. The number of rotatable bonds is 5. The van der Waals surface area contributed by atoms with Gasteiger partial charge in [0.05, 0.1) is 11.6 Å². The lowest BCUT2D eigenvalue weighted by molar-refractivity contribution is 0.0508. The summed E-state index contributed by atoms with van der Waals surface area (Å²) in [6.07, 6.45) is 2.06. The third kappa shape index (κ3) is 3.88. The lowest BCUT2D eigenvalue weighted by atomic mass is 10.1. The van der Waals surface area contributed by atoms with Gasteiger partial charge in [0, 0.05) is 36.2 Å². The van der Waals surface area contributed by atoms with E-state index in [-0.39, 0.29) is 12.0 Å². The van der Waals surface area contributed by atoms with E-state index in [0.717, 1.165) is 47.0 Å². The third-order valence-electron chi connectivity index (χ3n) is 5.90. The number of tetrazole rings is 1. The Labute approximate surface area is 180 Å². The van der Waals surface area contributed by atoms with Crippen molar-refractivity contribution in [2.45, 2.75) is 39.3 Å². The molecule has 0 unspecified atom stereocenters. The summed E-state index contributed by atoms with van der Waals surface area (Å²) < 4.78 is 7.60. The number of ether oxygens (including phenoxy) is 1. The highest BCUT2D eigenvalue weighted by Crippen LogP contribution is 2.23. The summed E-state index contributed by atoms with van der Waals surface area (Å²) in [7, 11) is 0. The molecule has 0 saturated carbocycles. The average molecular weight is 415 g/mol. The summed E-state index contributed by atoms with van der Waals surface area (Å²) in [5, 5.41) is 13.4. The van der Waals surface area contributed by atoms with Gasteiger partial charge in [0.25, 0.3) is 5.91 Å². The van der Waals surface area contributed by atoms with Gasteiger partial charge in [0.2, 0.25) is 0 Å². The first-order valence-electron chi connectivity index (χ1n) is 10.7. The highest BCUT2D eigenvalue weighted by atomic mass is 16.5. The van der Waals surface area contributed by atoms with Gasteiger partial charge in [0.1, 0.15) is 0 Å². The fraction of sp³-hybridized carbons (Fsp3) is 0.333. The molecule has 0 aliphatic carbocycles. The standard InChI is InChI=1S/C24H25N5O2/c1-16-5-8-18(9-6-16)24(30)28(15-21-4-3-11-31-21)14-20-13-19-10-7-17(2)12-22(19)29-23(20)25-26-27-29/h5-10,12-13,21H,3-4,11,14-15H2,1-2H3/t21-/m1/s1. The van der Waals surface area contributed by atoms with Crippen LogP contribution in [0.1, 0.15) is 39.9 Å². The summed E-state index contributed by atoms with van der Waals surface area (Å²) in [4.78, 5) is 15.3. The van der Waals surface area contributed by atoms with Crippen molar-refractivity contribution in [3.8, 4) is 0 Å². The Balaban J connectivity index is 1.54. The minimum absolute atomic E-state index is 0.00914. The van der Waals surface area contributed by atoms with E-state index in [1.807, 2.05) is 43.0 Å². The third-order valence-corrected chi connectivity index (χ3v) is 5.90. The number of carbonyl (C=O) groups excluding carboxylic acids is 1. The molecule has 0 spiro atoms. The van der Waals surface area contributed by atoms with E-state index in [1.54, 1.807) is 4.52 Å². The van der Waals surface area contributed by atoms with Crippen molar-refractivity contribution in [1.29, 1.82) is 0 Å². The second-order valence-corrected chi connectivity index (χ2v) is 8.33. The molecule has 158 valence electrons. The minimum atomic E-state index is -0.00914. The molecule has 1 atom stereocenters. The lowest BCUT2D eigenvalue weighted by Crippen LogP contribution is -2.37. The molecule has 2 aromatic carbocycles. The zero-order valence-corrected chi connectivity index (χ0v) is 17.8. The van der Waals surface area contributed by atoms with Crippen molar-refractivity contribution in [2.75, 3.05) is 13.2 Å². The van der Waals surface area contributed by atoms with Crippen LogP contribution in [0.3, 0.4) is 0 Å². The van der Waals surface area contributed by atoms with Crippen molar-refractivity contribution >= 4 is 22.5 Å². The zero-order chi connectivity index (χ0) is 21.4. The maximum atomic E-state index is 13.4. The molecule has 1 aliphatic heterocycles. The number of fused-ring (bicyclic) bond motifs is 3. The molecule has 4 aromatic rings. The minimum Gasteiger partial charge on any atom is -0.376 e. The normalized spacial score (nSPS) is 16.3. The number of amides is 1. The highest BCUT2D eigenvalue weighted by Gasteiger charge is 2.25. The second-order valence-electron chi connectivity index (χ2n) is 8.33. The number of nitrogens with zero attached hydrogens (tertiary/aromatic N) is 5. The van der Waals surface area contributed by atoms with Crippen molar-refractivity contribution in [2.24, 2.45) is 0 Å². The Morgan fingerprint density at radius 3 is 2.71 bits per heavy atom. The van der Waals surface area contributed by atoms with Gasteiger partial charge in [-0.25, -0.2) is 0 Å². The zero-order valence-electron chi connectivity index (χ0n) is 17.8. The van der Waals surface area contributed by atoms with Gasteiger partial charge in [0.15, 0.2) is 5.65 Å². The number of hydrogen-bond acceptors (Lipinski definition) is 5. The van der Waals surface area contributed by atoms with E-state index < -0.39 is 0 Å². The summed E-state index contributed by atoms with van der Waals surface area (Å²) in [5.74, 6) is -0.00914. The van der Waals surface area contributed by atoms with E-state index in [9.17, 15) is 4.79 Å². The Bertz CT molecular complexity index is 1240. The molecule has 1 amide bonds. The van der Waals surface area contributed by atoms with Crippen molar-refractivity contribution in [3.63, 3.8) is 0 Å². The Kier molecular flexibility index (Phi) is 5.11. The number of benzene rings is 2. The number of aryl methyl sites for hydroxylation is 2. The largest absolute Gasteiger partial charge is 0.376 e. The Morgan fingerprint density at radius 1 is 1.13 bits per heavy atom. The summed E-state index contributed by atoms with van der Waals surface area (Å²) >= 11 is 0. The summed E-state index contributed by atoms with van der Waals surface area (Å²) in [6.45, 7) is 5.79. The molecule has 2 aromatic heterocycles. The fourth-order valence-electron chi connectivity index (χ4n) is 4.22. The first kappa shape index (κ1) is 19.6. The van der Waals surface area contributed by atoms with E-state index >= 15 is 0 Å². The monoisotopic (exact) mass is 415 g/mol. The second kappa shape index (κ2) is 8.07. The quantitative estimate of drug-likeness (QED) is 0.497. The van der Waals surface area contributed by atoms with E-state index in [0.29, 0.717) is 24.3 Å². The van der Waals surface area contributed by atoms with Crippen molar-refractivity contribution < 1.29 is 9.53 Å². The van der Waals surface area contributed by atoms with E-state index in [1.165, 1.54) is 0 Å².